The van der Waals surface area contributed by atoms with Gasteiger partial charge in [0, 0.05) is 0 Å². The van der Waals surface area contributed by atoms with Crippen LogP contribution >= 0.6 is 0 Å². The van der Waals surface area contributed by atoms with Gasteiger partial charge in [-0.15, -0.1) is 0 Å². The lowest BCUT2D eigenvalue weighted by Crippen LogP contribution is -2.04. The molecule has 0 amide bonds. The molecular weight excluding hydrogens is 321 g/mol. The van der Waals surface area contributed by atoms with E-state index in [1.165, 1.54) is 18.2 Å². The van der Waals surface area contributed by atoms with E-state index in [0.717, 1.165) is 5.56 Å². The second-order valence-electron chi connectivity index (χ2n) is 6.06. The molecule has 0 atom stereocenters. The van der Waals surface area contributed by atoms with E-state index in [9.17, 15) is 13.2 Å². The number of benzene rings is 3. The molecule has 25 heavy (non-hydrogen) atoms. The summed E-state index contributed by atoms with van der Waals surface area (Å²) in [7, 11) is 0. The summed E-state index contributed by atoms with van der Waals surface area (Å²) < 4.78 is 41.8. The Morgan fingerprint density at radius 3 is 1.48 bits per heavy atom. The average molecular weight is 340 g/mol. The SMILES string of the molecule is Fc1ccccc1CCc1cccc(F)c1CCc1ccccc1F. The monoisotopic (exact) mass is 340 g/mol. The molecule has 0 aliphatic rings. The van der Waals surface area contributed by atoms with Gasteiger partial charge < -0.3 is 0 Å². The number of rotatable bonds is 6. The summed E-state index contributed by atoms with van der Waals surface area (Å²) >= 11 is 0. The summed E-state index contributed by atoms with van der Waals surface area (Å²) in [5.41, 5.74) is 2.62. The van der Waals surface area contributed by atoms with E-state index < -0.39 is 0 Å². The van der Waals surface area contributed by atoms with E-state index >= 15 is 0 Å². The molecule has 0 radical (unpaired) electrons. The first-order valence-corrected chi connectivity index (χ1v) is 8.38. The largest absolute Gasteiger partial charge is 0.207 e. The van der Waals surface area contributed by atoms with Gasteiger partial charge in [-0.05, 0) is 66.1 Å². The van der Waals surface area contributed by atoms with Crippen molar-refractivity contribution in [2.24, 2.45) is 0 Å². The van der Waals surface area contributed by atoms with Crippen LogP contribution in [0.5, 0.6) is 0 Å². The van der Waals surface area contributed by atoms with Crippen LogP contribution in [0, 0.1) is 17.5 Å². The van der Waals surface area contributed by atoms with Gasteiger partial charge in [0.05, 0.1) is 0 Å². The van der Waals surface area contributed by atoms with E-state index in [-0.39, 0.29) is 17.5 Å². The molecule has 3 aromatic rings. The predicted molar refractivity (Wildman–Crippen MR) is 94.0 cm³/mol. The fraction of sp³-hybridized carbons (Fsp3) is 0.182. The normalized spacial score (nSPS) is 10.8. The van der Waals surface area contributed by atoms with Crippen molar-refractivity contribution in [1.29, 1.82) is 0 Å². The minimum absolute atomic E-state index is 0.244. The Hall–Kier alpha value is -2.55. The number of hydrogen-bond donors (Lipinski definition) is 0. The second kappa shape index (κ2) is 8.02. The highest BCUT2D eigenvalue weighted by Gasteiger charge is 2.11. The molecule has 0 spiro atoms. The van der Waals surface area contributed by atoms with Gasteiger partial charge in [0.15, 0.2) is 0 Å². The zero-order valence-electron chi connectivity index (χ0n) is 13.8. The van der Waals surface area contributed by atoms with Gasteiger partial charge in [-0.1, -0.05) is 48.5 Å². The van der Waals surface area contributed by atoms with Gasteiger partial charge in [0.2, 0.25) is 0 Å². The Kier molecular flexibility index (Phi) is 5.54. The third kappa shape index (κ3) is 4.30. The molecule has 0 heterocycles. The van der Waals surface area contributed by atoms with E-state index in [0.29, 0.717) is 42.4 Å². The molecule has 128 valence electrons. The number of hydrogen-bond acceptors (Lipinski definition) is 0. The van der Waals surface area contributed by atoms with Crippen LogP contribution in [0.3, 0.4) is 0 Å². The molecule has 3 heteroatoms. The van der Waals surface area contributed by atoms with Crippen molar-refractivity contribution in [2.45, 2.75) is 25.7 Å². The summed E-state index contributed by atoms with van der Waals surface area (Å²) in [5, 5.41) is 0. The third-order valence-corrected chi connectivity index (χ3v) is 4.44. The summed E-state index contributed by atoms with van der Waals surface area (Å²) in [6, 6.07) is 18.1. The van der Waals surface area contributed by atoms with Crippen LogP contribution in [-0.2, 0) is 25.7 Å². The molecular formula is C22H19F3. The Morgan fingerprint density at radius 2 is 0.880 bits per heavy atom. The van der Waals surface area contributed by atoms with E-state index in [1.54, 1.807) is 42.5 Å². The molecule has 0 N–H and O–H groups in total. The van der Waals surface area contributed by atoms with Gasteiger partial charge in [-0.2, -0.15) is 0 Å². The Balaban J connectivity index is 1.75. The molecule has 0 saturated carbocycles. The Labute approximate surface area is 146 Å². The summed E-state index contributed by atoms with van der Waals surface area (Å²) in [5.74, 6) is -0.805. The van der Waals surface area contributed by atoms with Gasteiger partial charge >= 0.3 is 0 Å². The van der Waals surface area contributed by atoms with Gasteiger partial charge in [-0.3, -0.25) is 0 Å². The molecule has 0 unspecified atom stereocenters. The van der Waals surface area contributed by atoms with E-state index in [1.807, 2.05) is 6.07 Å². The summed E-state index contributed by atoms with van der Waals surface area (Å²) in [4.78, 5) is 0. The molecule has 0 saturated heterocycles. The van der Waals surface area contributed by atoms with Crippen LogP contribution in [0.25, 0.3) is 0 Å². The molecule has 0 bridgehead atoms. The van der Waals surface area contributed by atoms with Crippen LogP contribution in [0.2, 0.25) is 0 Å². The summed E-state index contributed by atoms with van der Waals surface area (Å²) in [6.45, 7) is 0. The van der Waals surface area contributed by atoms with E-state index in [4.69, 9.17) is 0 Å². The molecule has 0 nitrogen and oxygen atoms in total. The lowest BCUT2D eigenvalue weighted by Gasteiger charge is -2.12. The van der Waals surface area contributed by atoms with Crippen molar-refractivity contribution in [2.75, 3.05) is 0 Å². The van der Waals surface area contributed by atoms with Gasteiger partial charge in [0.1, 0.15) is 17.5 Å². The lowest BCUT2D eigenvalue weighted by molar-refractivity contribution is 0.590. The van der Waals surface area contributed by atoms with Crippen LogP contribution in [-0.4, -0.2) is 0 Å². The minimum atomic E-state index is -0.289. The van der Waals surface area contributed by atoms with Crippen molar-refractivity contribution in [3.63, 3.8) is 0 Å². The van der Waals surface area contributed by atoms with E-state index in [2.05, 4.69) is 0 Å². The zero-order chi connectivity index (χ0) is 17.6. The first-order chi connectivity index (χ1) is 12.1. The van der Waals surface area contributed by atoms with Crippen molar-refractivity contribution in [3.8, 4) is 0 Å². The number of aryl methyl sites for hydroxylation is 3. The molecule has 0 aromatic heterocycles. The van der Waals surface area contributed by atoms with Gasteiger partial charge in [0.25, 0.3) is 0 Å². The van der Waals surface area contributed by atoms with Crippen LogP contribution < -0.4 is 0 Å². The fourth-order valence-corrected chi connectivity index (χ4v) is 3.05. The summed E-state index contributed by atoms with van der Waals surface area (Å²) in [6.07, 6.45) is 1.90. The van der Waals surface area contributed by atoms with Crippen molar-refractivity contribution < 1.29 is 13.2 Å². The topological polar surface area (TPSA) is 0 Å². The Morgan fingerprint density at radius 1 is 0.440 bits per heavy atom. The first-order valence-electron chi connectivity index (χ1n) is 8.38. The molecule has 3 rings (SSSR count). The maximum absolute atomic E-state index is 14.3. The van der Waals surface area contributed by atoms with Crippen molar-refractivity contribution >= 4 is 0 Å². The highest BCUT2D eigenvalue weighted by Crippen LogP contribution is 2.20. The minimum Gasteiger partial charge on any atom is -0.207 e. The third-order valence-electron chi connectivity index (χ3n) is 4.44. The first kappa shape index (κ1) is 17.3. The molecule has 0 aliphatic carbocycles. The molecule has 0 aliphatic heterocycles. The van der Waals surface area contributed by atoms with Crippen molar-refractivity contribution in [1.82, 2.24) is 0 Å². The fourth-order valence-electron chi connectivity index (χ4n) is 3.05. The van der Waals surface area contributed by atoms with Crippen LogP contribution in [0.15, 0.2) is 66.7 Å². The quantitative estimate of drug-likeness (QED) is 0.542. The Bertz CT molecular complexity index is 855. The van der Waals surface area contributed by atoms with Crippen LogP contribution in [0.1, 0.15) is 22.3 Å². The number of halogens is 3. The lowest BCUT2D eigenvalue weighted by atomic mass is 9.95. The molecule has 3 aromatic carbocycles. The van der Waals surface area contributed by atoms with Crippen LogP contribution in [0.4, 0.5) is 13.2 Å². The highest BCUT2D eigenvalue weighted by atomic mass is 19.1. The highest BCUT2D eigenvalue weighted by molar-refractivity contribution is 5.32. The smallest absolute Gasteiger partial charge is 0.126 e. The average Bonchev–Trinajstić information content (AvgIpc) is 2.61. The maximum atomic E-state index is 14.3. The predicted octanol–water partition coefficient (Wildman–Crippen LogP) is 5.67. The second-order valence-corrected chi connectivity index (χ2v) is 6.06. The van der Waals surface area contributed by atoms with Crippen molar-refractivity contribution in [3.05, 3.63) is 106 Å². The standard InChI is InChI=1S/C22H19F3/c23-20-9-3-1-6-17(20)13-12-16-8-5-11-22(25)19(16)15-14-18-7-2-4-10-21(18)24/h1-11H,12-15H2. The maximum Gasteiger partial charge on any atom is 0.126 e. The molecule has 0 fully saturated rings. The zero-order valence-corrected chi connectivity index (χ0v) is 13.8. The van der Waals surface area contributed by atoms with Gasteiger partial charge in [-0.25, -0.2) is 13.2 Å².